The molecule has 252 valence electrons. The lowest BCUT2D eigenvalue weighted by atomic mass is 9.80. The van der Waals surface area contributed by atoms with Gasteiger partial charge in [0.05, 0.1) is 5.41 Å². The van der Waals surface area contributed by atoms with Gasteiger partial charge < -0.3 is 8.83 Å². The number of rotatable bonds is 4. The molecular weight excluding hydrogens is 641 g/mol. The monoisotopic (exact) mass is 676 g/mol. The molecule has 6 nitrogen and oxygen atoms in total. The average Bonchev–Trinajstić information content (AvgIpc) is 3.88. The summed E-state index contributed by atoms with van der Waals surface area (Å²) < 4.78 is 12.4. The molecule has 1 aliphatic carbocycles. The molecular formula is C46H36N4O2. The van der Waals surface area contributed by atoms with E-state index in [1.165, 1.54) is 11.1 Å². The minimum atomic E-state index is -0.762. The summed E-state index contributed by atoms with van der Waals surface area (Å²) >= 11 is 0. The molecule has 0 unspecified atom stereocenters. The van der Waals surface area contributed by atoms with Crippen LogP contribution in [0, 0.1) is 47.9 Å². The van der Waals surface area contributed by atoms with Crippen LogP contribution in [0.4, 0.5) is 0 Å². The highest BCUT2D eigenvalue weighted by molar-refractivity contribution is 5.86. The third-order valence-corrected chi connectivity index (χ3v) is 9.38. The van der Waals surface area contributed by atoms with Gasteiger partial charge in [0.1, 0.15) is 0 Å². The maximum atomic E-state index is 6.22. The standard InChI is InChI=1S/C46H36N4O2/c1-9-10-11-12-13-14-27-46(8)38-28-32(42-49-47-40(51-42)30-15-21-34(22-16-30)44(2,3)4)19-25-36(38)37-26-20-33(29-39(37)46)43-50-48-41(52-43)31-17-23-35(24-18-31)45(5,6)7/h1,15-26,28-29H,2-8H3. The zero-order valence-corrected chi connectivity index (χ0v) is 30.3. The Balaban J connectivity index is 1.25. The second-order valence-corrected chi connectivity index (χ2v) is 15.0. The van der Waals surface area contributed by atoms with E-state index in [0.717, 1.165) is 44.5 Å². The van der Waals surface area contributed by atoms with Crippen molar-refractivity contribution in [1.29, 1.82) is 0 Å². The molecule has 0 fully saturated rings. The van der Waals surface area contributed by atoms with Crippen LogP contribution in [0.25, 0.3) is 56.9 Å². The van der Waals surface area contributed by atoms with Gasteiger partial charge in [-0.25, -0.2) is 0 Å². The van der Waals surface area contributed by atoms with Gasteiger partial charge >= 0.3 is 0 Å². The maximum Gasteiger partial charge on any atom is 0.248 e. The van der Waals surface area contributed by atoms with Gasteiger partial charge in [0.2, 0.25) is 23.6 Å². The SMILES string of the molecule is C#CC#CC#CC#CC1(C)c2cc(-c3nnc(-c4ccc(C(C)(C)C)cc4)o3)ccc2-c2ccc(-c3nnc(-c4ccc(C(C)(C)C)cc4)o3)cc21. The summed E-state index contributed by atoms with van der Waals surface area (Å²) in [6, 6.07) is 28.8. The van der Waals surface area contributed by atoms with Gasteiger partial charge in [0.25, 0.3) is 0 Å². The Morgan fingerprint density at radius 2 is 0.865 bits per heavy atom. The van der Waals surface area contributed by atoms with Crippen LogP contribution < -0.4 is 0 Å². The van der Waals surface area contributed by atoms with Gasteiger partial charge in [-0.2, -0.15) is 0 Å². The molecule has 0 radical (unpaired) electrons. The highest BCUT2D eigenvalue weighted by atomic mass is 16.4. The molecule has 6 aromatic rings. The van der Waals surface area contributed by atoms with Crippen molar-refractivity contribution in [2.45, 2.75) is 64.7 Å². The van der Waals surface area contributed by atoms with E-state index in [-0.39, 0.29) is 10.8 Å². The predicted octanol–water partition coefficient (Wildman–Crippen LogP) is 9.65. The van der Waals surface area contributed by atoms with Crippen LogP contribution in [0.2, 0.25) is 0 Å². The van der Waals surface area contributed by atoms with Gasteiger partial charge in [-0.05, 0) is 135 Å². The maximum absolute atomic E-state index is 6.22. The third-order valence-electron chi connectivity index (χ3n) is 9.38. The van der Waals surface area contributed by atoms with E-state index in [0.29, 0.717) is 23.6 Å². The molecule has 0 N–H and O–H groups in total. The van der Waals surface area contributed by atoms with E-state index in [9.17, 15) is 0 Å². The minimum absolute atomic E-state index is 0.0463. The molecule has 0 bridgehead atoms. The van der Waals surface area contributed by atoms with Crippen molar-refractivity contribution in [2.75, 3.05) is 0 Å². The first-order valence-corrected chi connectivity index (χ1v) is 17.0. The van der Waals surface area contributed by atoms with Crippen LogP contribution in [0.15, 0.2) is 93.8 Å². The number of hydrogen-bond acceptors (Lipinski definition) is 6. The quantitative estimate of drug-likeness (QED) is 0.173. The molecule has 7 rings (SSSR count). The molecule has 0 atom stereocenters. The average molecular weight is 677 g/mol. The van der Waals surface area contributed by atoms with Crippen LogP contribution in [-0.4, -0.2) is 20.4 Å². The Kier molecular flexibility index (Phi) is 8.43. The van der Waals surface area contributed by atoms with Crippen LogP contribution in [0.3, 0.4) is 0 Å². The lowest BCUT2D eigenvalue weighted by Gasteiger charge is -2.21. The van der Waals surface area contributed by atoms with Gasteiger partial charge in [0, 0.05) is 22.3 Å². The number of fused-ring (bicyclic) bond motifs is 3. The molecule has 2 heterocycles. The van der Waals surface area contributed by atoms with Crippen LogP contribution in [0.1, 0.15) is 70.7 Å². The van der Waals surface area contributed by atoms with Crippen molar-refractivity contribution in [1.82, 2.24) is 20.4 Å². The van der Waals surface area contributed by atoms with Crippen molar-refractivity contribution in [3.05, 3.63) is 107 Å². The minimum Gasteiger partial charge on any atom is -0.416 e. The zero-order valence-electron chi connectivity index (χ0n) is 30.3. The van der Waals surface area contributed by atoms with Crippen LogP contribution >= 0.6 is 0 Å². The van der Waals surface area contributed by atoms with Gasteiger partial charge in [0.15, 0.2) is 0 Å². The molecule has 52 heavy (non-hydrogen) atoms. The van der Waals surface area contributed by atoms with E-state index in [2.05, 4.69) is 159 Å². The van der Waals surface area contributed by atoms with E-state index in [1.807, 2.05) is 36.4 Å². The Morgan fingerprint density at radius 3 is 1.27 bits per heavy atom. The summed E-state index contributed by atoms with van der Waals surface area (Å²) in [6.07, 6.45) is 5.24. The van der Waals surface area contributed by atoms with Crippen molar-refractivity contribution >= 4 is 0 Å². The summed E-state index contributed by atoms with van der Waals surface area (Å²) in [7, 11) is 0. The lowest BCUT2D eigenvalue weighted by Crippen LogP contribution is -2.18. The molecule has 6 heteroatoms. The fourth-order valence-corrected chi connectivity index (χ4v) is 6.36. The Labute approximate surface area is 305 Å². The van der Waals surface area contributed by atoms with E-state index in [1.54, 1.807) is 0 Å². The van der Waals surface area contributed by atoms with Gasteiger partial charge in [-0.1, -0.05) is 83.9 Å². The lowest BCUT2D eigenvalue weighted by molar-refractivity contribution is 0.581. The summed E-state index contributed by atoms with van der Waals surface area (Å²) in [5.41, 5.74) is 9.16. The highest BCUT2D eigenvalue weighted by Crippen LogP contribution is 2.50. The topological polar surface area (TPSA) is 77.8 Å². The molecule has 0 aliphatic heterocycles. The Hall–Kier alpha value is -6.60. The summed E-state index contributed by atoms with van der Waals surface area (Å²) in [5.74, 6) is 21.1. The number of aromatic nitrogens is 4. The molecule has 0 amide bonds. The van der Waals surface area contributed by atoms with Crippen molar-refractivity contribution < 1.29 is 8.83 Å². The zero-order chi connectivity index (χ0) is 36.7. The first kappa shape index (κ1) is 33.9. The van der Waals surface area contributed by atoms with E-state index < -0.39 is 5.41 Å². The predicted molar refractivity (Wildman–Crippen MR) is 205 cm³/mol. The third kappa shape index (κ3) is 6.40. The van der Waals surface area contributed by atoms with E-state index >= 15 is 0 Å². The van der Waals surface area contributed by atoms with Gasteiger partial charge in [-0.15, -0.1) is 26.8 Å². The first-order chi connectivity index (χ1) is 24.8. The number of benzene rings is 4. The van der Waals surface area contributed by atoms with Crippen LogP contribution in [-0.2, 0) is 16.2 Å². The number of terminal acetylenes is 1. The Morgan fingerprint density at radius 1 is 0.500 bits per heavy atom. The molecule has 1 aliphatic rings. The van der Waals surface area contributed by atoms with Gasteiger partial charge in [-0.3, -0.25) is 0 Å². The summed E-state index contributed by atoms with van der Waals surface area (Å²) in [5, 5.41) is 17.6. The first-order valence-electron chi connectivity index (χ1n) is 17.0. The second kappa shape index (κ2) is 12.9. The molecule has 4 aromatic carbocycles. The van der Waals surface area contributed by atoms with E-state index in [4.69, 9.17) is 15.3 Å². The summed E-state index contributed by atoms with van der Waals surface area (Å²) in [6.45, 7) is 15.2. The normalized spacial score (nSPS) is 12.6. The second-order valence-electron chi connectivity index (χ2n) is 15.0. The summed E-state index contributed by atoms with van der Waals surface area (Å²) in [4.78, 5) is 0. The fraction of sp³-hybridized carbons (Fsp3) is 0.217. The van der Waals surface area contributed by atoms with Crippen molar-refractivity contribution in [3.8, 4) is 105 Å². The number of hydrogen-bond donors (Lipinski definition) is 0. The number of nitrogens with zero attached hydrogens (tertiary/aromatic N) is 4. The van der Waals surface area contributed by atoms with Crippen molar-refractivity contribution in [2.24, 2.45) is 0 Å². The highest BCUT2D eigenvalue weighted by Gasteiger charge is 2.39. The fourth-order valence-electron chi connectivity index (χ4n) is 6.36. The molecule has 0 spiro atoms. The Bertz CT molecular complexity index is 2420. The van der Waals surface area contributed by atoms with Crippen molar-refractivity contribution in [3.63, 3.8) is 0 Å². The molecule has 0 saturated carbocycles. The largest absolute Gasteiger partial charge is 0.416 e. The molecule has 0 saturated heterocycles. The smallest absolute Gasteiger partial charge is 0.248 e. The van der Waals surface area contributed by atoms with Crippen LogP contribution in [0.5, 0.6) is 0 Å². The molecule has 2 aromatic heterocycles.